The number of aromatic nitrogens is 1. The molecule has 2 aromatic rings. The van der Waals surface area contributed by atoms with Crippen LogP contribution in [0.1, 0.15) is 18.1 Å². The second-order valence-corrected chi connectivity index (χ2v) is 8.77. The van der Waals surface area contributed by atoms with Crippen molar-refractivity contribution in [3.05, 3.63) is 65.1 Å². The Morgan fingerprint density at radius 1 is 1.06 bits per heavy atom. The van der Waals surface area contributed by atoms with Gasteiger partial charge in [0.15, 0.2) is 0 Å². The topological polar surface area (TPSA) is 56.6 Å². The lowest BCUT2D eigenvalue weighted by atomic mass is 10.1. The van der Waals surface area contributed by atoms with Gasteiger partial charge >= 0.3 is 0 Å². The van der Waals surface area contributed by atoms with E-state index in [1.165, 1.54) is 6.07 Å². The second-order valence-electron chi connectivity index (χ2n) is 8.36. The van der Waals surface area contributed by atoms with Gasteiger partial charge in [-0.2, -0.15) is 0 Å². The van der Waals surface area contributed by atoms with E-state index < -0.39 is 0 Å². The summed E-state index contributed by atoms with van der Waals surface area (Å²) in [6.07, 6.45) is 1.76. The molecule has 0 saturated carbocycles. The molecule has 0 unspecified atom stereocenters. The van der Waals surface area contributed by atoms with Crippen molar-refractivity contribution in [2.45, 2.75) is 13.8 Å². The van der Waals surface area contributed by atoms with E-state index in [-0.39, 0.29) is 5.82 Å². The molecule has 0 bridgehead atoms. The number of amidine groups is 1. The first-order valence-corrected chi connectivity index (χ1v) is 11.8. The number of aryl methyl sites for hydroxylation is 1. The van der Waals surface area contributed by atoms with Crippen molar-refractivity contribution in [2.24, 2.45) is 9.98 Å². The van der Waals surface area contributed by atoms with E-state index in [2.05, 4.69) is 26.3 Å². The van der Waals surface area contributed by atoms with Crippen LogP contribution in [0.3, 0.4) is 0 Å². The molecule has 180 valence electrons. The fourth-order valence-corrected chi connectivity index (χ4v) is 4.20. The lowest BCUT2D eigenvalue weighted by Gasteiger charge is -2.37. The van der Waals surface area contributed by atoms with Crippen LogP contribution in [0.2, 0.25) is 5.02 Å². The van der Waals surface area contributed by atoms with Gasteiger partial charge in [-0.25, -0.2) is 19.4 Å². The molecule has 9 heteroatoms. The first kappa shape index (κ1) is 24.2. The van der Waals surface area contributed by atoms with Crippen molar-refractivity contribution in [3.8, 4) is 0 Å². The van der Waals surface area contributed by atoms with E-state index in [1.54, 1.807) is 19.2 Å². The first-order valence-electron chi connectivity index (χ1n) is 11.4. The van der Waals surface area contributed by atoms with Gasteiger partial charge in [-0.1, -0.05) is 30.3 Å². The standard InChI is InChI=1S/C25H30ClFN6O/c1-18-6-7-21(17-23(18)27)19(2)29-25(33-13-15-34-16-14-33)30-20(3)31-9-11-32(12-10-31)24-22(26)5-4-8-28-24/h4-8,17H,2,9-16H2,1,3H3/b29-25?,30-20+. The summed E-state index contributed by atoms with van der Waals surface area (Å²) in [6, 6.07) is 8.74. The van der Waals surface area contributed by atoms with E-state index in [4.69, 9.17) is 26.3 Å². The Labute approximate surface area is 205 Å². The molecular formula is C25H30ClFN6O. The Kier molecular flexibility index (Phi) is 7.80. The number of hydrogen-bond donors (Lipinski definition) is 0. The fraction of sp³-hybridized carbons (Fsp3) is 0.400. The molecule has 7 nitrogen and oxygen atoms in total. The van der Waals surface area contributed by atoms with Crippen molar-refractivity contribution in [1.29, 1.82) is 0 Å². The average Bonchev–Trinajstić information content (AvgIpc) is 2.86. The number of nitrogens with zero attached hydrogens (tertiary/aromatic N) is 6. The van der Waals surface area contributed by atoms with E-state index in [0.29, 0.717) is 54.1 Å². The summed E-state index contributed by atoms with van der Waals surface area (Å²) in [4.78, 5) is 20.6. The van der Waals surface area contributed by atoms with Gasteiger partial charge in [-0.3, -0.25) is 0 Å². The van der Waals surface area contributed by atoms with Gasteiger partial charge in [-0.15, -0.1) is 0 Å². The van der Waals surface area contributed by atoms with E-state index in [1.807, 2.05) is 25.1 Å². The largest absolute Gasteiger partial charge is 0.378 e. The Morgan fingerprint density at radius 2 is 1.79 bits per heavy atom. The van der Waals surface area contributed by atoms with Gasteiger partial charge in [-0.05, 0) is 37.6 Å². The zero-order valence-corrected chi connectivity index (χ0v) is 20.4. The molecule has 1 aromatic carbocycles. The smallest absolute Gasteiger partial charge is 0.227 e. The van der Waals surface area contributed by atoms with Gasteiger partial charge in [0.05, 0.1) is 23.9 Å². The zero-order valence-electron chi connectivity index (χ0n) is 19.7. The first-order chi connectivity index (χ1) is 16.4. The molecule has 3 heterocycles. The predicted molar refractivity (Wildman–Crippen MR) is 136 cm³/mol. The number of anilines is 1. The van der Waals surface area contributed by atoms with Crippen LogP contribution in [0.4, 0.5) is 10.2 Å². The SMILES string of the molecule is C=C(N=C(/N=C(\C)N1CCN(c2ncccc2Cl)CC1)N1CCOCC1)c1ccc(C)c(F)c1. The molecule has 2 saturated heterocycles. The summed E-state index contributed by atoms with van der Waals surface area (Å²) in [5, 5.41) is 0.661. The number of piperazine rings is 1. The molecule has 1 aromatic heterocycles. The van der Waals surface area contributed by atoms with Crippen molar-refractivity contribution in [1.82, 2.24) is 14.8 Å². The van der Waals surface area contributed by atoms with Gasteiger partial charge in [0.25, 0.3) is 0 Å². The minimum absolute atomic E-state index is 0.271. The molecule has 2 aliphatic heterocycles. The molecule has 0 spiro atoms. The maximum atomic E-state index is 14.1. The summed E-state index contributed by atoms with van der Waals surface area (Å²) < 4.78 is 19.6. The quantitative estimate of drug-likeness (QED) is 0.485. The molecule has 2 aliphatic rings. The zero-order chi connectivity index (χ0) is 24.1. The highest BCUT2D eigenvalue weighted by Crippen LogP contribution is 2.23. The van der Waals surface area contributed by atoms with Crippen LogP contribution in [0.15, 0.2) is 53.1 Å². The van der Waals surface area contributed by atoms with Crippen LogP contribution in [-0.2, 0) is 4.74 Å². The highest BCUT2D eigenvalue weighted by atomic mass is 35.5. The summed E-state index contributed by atoms with van der Waals surface area (Å²) in [5.74, 6) is 1.99. The monoisotopic (exact) mass is 484 g/mol. The Bertz CT molecular complexity index is 1090. The normalized spacial score (nSPS) is 17.8. The molecule has 0 atom stereocenters. The number of guanidine groups is 1. The van der Waals surface area contributed by atoms with Crippen LogP contribution in [0.25, 0.3) is 5.70 Å². The minimum atomic E-state index is -0.271. The Morgan fingerprint density at radius 3 is 2.47 bits per heavy atom. The molecule has 0 radical (unpaired) electrons. The van der Waals surface area contributed by atoms with E-state index in [0.717, 1.165) is 37.8 Å². The van der Waals surface area contributed by atoms with Gasteiger partial charge in [0, 0.05) is 51.0 Å². The molecule has 4 rings (SSSR count). The van der Waals surface area contributed by atoms with Crippen molar-refractivity contribution in [2.75, 3.05) is 57.4 Å². The minimum Gasteiger partial charge on any atom is -0.378 e. The van der Waals surface area contributed by atoms with Gasteiger partial charge in [0.1, 0.15) is 17.5 Å². The number of halogens is 2. The molecule has 2 fully saturated rings. The number of aliphatic imine (C=N–C) groups is 2. The highest BCUT2D eigenvalue weighted by Gasteiger charge is 2.22. The van der Waals surface area contributed by atoms with Crippen LogP contribution in [-0.4, -0.2) is 79.1 Å². The number of pyridine rings is 1. The predicted octanol–water partition coefficient (Wildman–Crippen LogP) is 4.08. The van der Waals surface area contributed by atoms with E-state index in [9.17, 15) is 4.39 Å². The van der Waals surface area contributed by atoms with E-state index >= 15 is 0 Å². The molecule has 0 amide bonds. The number of hydrogen-bond acceptors (Lipinski definition) is 4. The summed E-state index contributed by atoms with van der Waals surface area (Å²) >= 11 is 6.32. The van der Waals surface area contributed by atoms with Gasteiger partial charge < -0.3 is 19.4 Å². The van der Waals surface area contributed by atoms with Crippen LogP contribution >= 0.6 is 11.6 Å². The van der Waals surface area contributed by atoms with Crippen LogP contribution < -0.4 is 4.90 Å². The highest BCUT2D eigenvalue weighted by molar-refractivity contribution is 6.32. The number of rotatable bonds is 3. The molecule has 0 aliphatic carbocycles. The number of morpholine rings is 1. The second kappa shape index (κ2) is 11.0. The maximum Gasteiger partial charge on any atom is 0.227 e. The van der Waals surface area contributed by atoms with Gasteiger partial charge in [0.2, 0.25) is 5.96 Å². The van der Waals surface area contributed by atoms with Crippen LogP contribution in [0, 0.1) is 12.7 Å². The third kappa shape index (κ3) is 5.74. The Balaban J connectivity index is 1.51. The lowest BCUT2D eigenvalue weighted by Crippen LogP contribution is -2.49. The summed E-state index contributed by atoms with van der Waals surface area (Å²) in [7, 11) is 0. The molecular weight excluding hydrogens is 455 g/mol. The summed E-state index contributed by atoms with van der Waals surface area (Å²) in [5.41, 5.74) is 1.71. The summed E-state index contributed by atoms with van der Waals surface area (Å²) in [6.45, 7) is 13.6. The average molecular weight is 485 g/mol. The Hall–Kier alpha value is -2.97. The van der Waals surface area contributed by atoms with Crippen molar-refractivity contribution < 1.29 is 9.13 Å². The number of ether oxygens (including phenoxy) is 1. The third-order valence-corrected chi connectivity index (χ3v) is 6.37. The third-order valence-electron chi connectivity index (χ3n) is 6.07. The molecule has 0 N–H and O–H groups in total. The maximum absolute atomic E-state index is 14.1. The lowest BCUT2D eigenvalue weighted by molar-refractivity contribution is 0.0676. The van der Waals surface area contributed by atoms with Crippen LogP contribution in [0.5, 0.6) is 0 Å². The fourth-order valence-electron chi connectivity index (χ4n) is 3.95. The number of benzene rings is 1. The molecule has 34 heavy (non-hydrogen) atoms. The van der Waals surface area contributed by atoms with Crippen molar-refractivity contribution >= 4 is 34.9 Å². The van der Waals surface area contributed by atoms with Crippen molar-refractivity contribution in [3.63, 3.8) is 0 Å².